The van der Waals surface area contributed by atoms with Crippen LogP contribution in [0, 0.1) is 0 Å². The van der Waals surface area contributed by atoms with E-state index in [1.165, 1.54) is 5.56 Å². The molecule has 2 aromatic heterocycles. The van der Waals surface area contributed by atoms with E-state index in [0.717, 1.165) is 45.8 Å². The second kappa shape index (κ2) is 8.24. The molecule has 5 rings (SSSR count). The van der Waals surface area contributed by atoms with Crippen molar-refractivity contribution in [2.24, 2.45) is 0 Å². The van der Waals surface area contributed by atoms with Crippen molar-refractivity contribution < 1.29 is 0 Å². The van der Waals surface area contributed by atoms with Crippen molar-refractivity contribution >= 4 is 22.7 Å². The Hall–Kier alpha value is -4.25. The number of fused-ring (bicyclic) bond motifs is 1. The van der Waals surface area contributed by atoms with E-state index < -0.39 is 0 Å². The summed E-state index contributed by atoms with van der Waals surface area (Å²) in [5, 5.41) is 3.43. The number of anilines is 2. The fraction of sp³-hybridized carbons (Fsp3) is 0.0385. The molecule has 0 atom stereocenters. The zero-order chi connectivity index (χ0) is 21.0. The first kappa shape index (κ1) is 18.8. The molecule has 31 heavy (non-hydrogen) atoms. The van der Waals surface area contributed by atoms with Gasteiger partial charge in [0.1, 0.15) is 11.2 Å². The largest absolute Gasteiger partial charge is 0.381 e. The highest BCUT2D eigenvalue weighted by molar-refractivity contribution is 5.91. The molecule has 0 spiro atoms. The molecule has 5 aromatic rings. The van der Waals surface area contributed by atoms with Crippen LogP contribution in [-0.4, -0.2) is 15.0 Å². The number of nitrogens with one attached hydrogen (secondary N) is 1. The third kappa shape index (κ3) is 4.07. The fourth-order valence-corrected chi connectivity index (χ4v) is 3.54. The SMILES string of the molecule is Nc1nc(-c2ccccc2)c2nc(-c3ccc(CNc4ccccc4)cc3)ccc2n1. The summed E-state index contributed by atoms with van der Waals surface area (Å²) in [5.41, 5.74) is 13.4. The van der Waals surface area contributed by atoms with Gasteiger partial charge in [0.25, 0.3) is 0 Å². The predicted molar refractivity (Wildman–Crippen MR) is 126 cm³/mol. The zero-order valence-corrected chi connectivity index (χ0v) is 16.9. The molecule has 0 saturated heterocycles. The average molecular weight is 403 g/mol. The van der Waals surface area contributed by atoms with Crippen molar-refractivity contribution in [2.45, 2.75) is 6.54 Å². The van der Waals surface area contributed by atoms with Crippen LogP contribution in [0.15, 0.2) is 97.1 Å². The van der Waals surface area contributed by atoms with Crippen LogP contribution in [0.2, 0.25) is 0 Å². The number of pyridine rings is 1. The molecule has 0 saturated carbocycles. The first-order valence-corrected chi connectivity index (χ1v) is 10.1. The zero-order valence-electron chi connectivity index (χ0n) is 16.9. The van der Waals surface area contributed by atoms with Gasteiger partial charge in [-0.1, -0.05) is 72.8 Å². The quantitative estimate of drug-likeness (QED) is 0.402. The summed E-state index contributed by atoms with van der Waals surface area (Å²) in [7, 11) is 0. The van der Waals surface area contributed by atoms with Crippen LogP contribution in [0.1, 0.15) is 5.56 Å². The third-order valence-electron chi connectivity index (χ3n) is 5.13. The second-order valence-electron chi connectivity index (χ2n) is 7.28. The Labute approximate surface area is 180 Å². The summed E-state index contributed by atoms with van der Waals surface area (Å²) in [6, 6.07) is 32.5. The van der Waals surface area contributed by atoms with Crippen molar-refractivity contribution in [3.63, 3.8) is 0 Å². The lowest BCUT2D eigenvalue weighted by molar-refractivity contribution is 1.15. The van der Waals surface area contributed by atoms with Crippen LogP contribution in [0.4, 0.5) is 11.6 Å². The highest BCUT2D eigenvalue weighted by atomic mass is 15.0. The molecular weight excluding hydrogens is 382 g/mol. The van der Waals surface area contributed by atoms with E-state index in [4.69, 9.17) is 10.7 Å². The van der Waals surface area contributed by atoms with Crippen molar-refractivity contribution in [1.29, 1.82) is 0 Å². The van der Waals surface area contributed by atoms with Crippen LogP contribution in [0.5, 0.6) is 0 Å². The van der Waals surface area contributed by atoms with Gasteiger partial charge >= 0.3 is 0 Å². The molecule has 0 amide bonds. The van der Waals surface area contributed by atoms with E-state index in [1.54, 1.807) is 0 Å². The smallest absolute Gasteiger partial charge is 0.221 e. The minimum absolute atomic E-state index is 0.246. The molecule has 3 N–H and O–H groups in total. The number of nitrogen functional groups attached to an aromatic ring is 1. The highest BCUT2D eigenvalue weighted by Crippen LogP contribution is 2.28. The molecule has 5 nitrogen and oxygen atoms in total. The molecule has 0 aliphatic carbocycles. The van der Waals surface area contributed by atoms with E-state index in [0.29, 0.717) is 0 Å². The van der Waals surface area contributed by atoms with Crippen molar-refractivity contribution in [3.8, 4) is 22.5 Å². The molecule has 3 aromatic carbocycles. The van der Waals surface area contributed by atoms with Gasteiger partial charge in [0.05, 0.1) is 11.2 Å². The summed E-state index contributed by atoms with van der Waals surface area (Å²) >= 11 is 0. The number of para-hydroxylation sites is 1. The van der Waals surface area contributed by atoms with Gasteiger partial charge in [-0.2, -0.15) is 0 Å². The Morgan fingerprint density at radius 1 is 0.645 bits per heavy atom. The van der Waals surface area contributed by atoms with Crippen molar-refractivity contribution in [3.05, 3.63) is 103 Å². The Bertz CT molecular complexity index is 1320. The van der Waals surface area contributed by atoms with Crippen molar-refractivity contribution in [1.82, 2.24) is 15.0 Å². The normalized spacial score (nSPS) is 10.8. The van der Waals surface area contributed by atoms with Gasteiger partial charge in [-0.3, -0.25) is 0 Å². The molecule has 0 aliphatic rings. The molecular formula is C26H21N5. The maximum absolute atomic E-state index is 5.94. The number of benzene rings is 3. The Morgan fingerprint density at radius 3 is 2.10 bits per heavy atom. The van der Waals surface area contributed by atoms with Crippen molar-refractivity contribution in [2.75, 3.05) is 11.1 Å². The summed E-state index contributed by atoms with van der Waals surface area (Å²) in [6.45, 7) is 0.765. The number of hydrogen-bond acceptors (Lipinski definition) is 5. The molecule has 5 heteroatoms. The molecule has 0 aliphatic heterocycles. The lowest BCUT2D eigenvalue weighted by Gasteiger charge is -2.10. The maximum Gasteiger partial charge on any atom is 0.221 e. The molecule has 2 heterocycles. The third-order valence-corrected chi connectivity index (χ3v) is 5.13. The van der Waals surface area contributed by atoms with E-state index >= 15 is 0 Å². The first-order chi connectivity index (χ1) is 15.3. The summed E-state index contributed by atoms with van der Waals surface area (Å²) in [5.74, 6) is 0.246. The lowest BCUT2D eigenvalue weighted by Crippen LogP contribution is -2.00. The lowest BCUT2D eigenvalue weighted by atomic mass is 10.1. The van der Waals surface area contributed by atoms with E-state index in [2.05, 4.69) is 51.7 Å². The molecule has 0 radical (unpaired) electrons. The van der Waals surface area contributed by atoms with Gasteiger partial charge in [-0.15, -0.1) is 0 Å². The second-order valence-corrected chi connectivity index (χ2v) is 7.28. The fourth-order valence-electron chi connectivity index (χ4n) is 3.54. The predicted octanol–water partition coefficient (Wildman–Crippen LogP) is 5.55. The van der Waals surface area contributed by atoms with Crippen LogP contribution in [0.3, 0.4) is 0 Å². The number of nitrogens with zero attached hydrogens (tertiary/aromatic N) is 3. The van der Waals surface area contributed by atoms with Gasteiger partial charge < -0.3 is 11.1 Å². The van der Waals surface area contributed by atoms with Gasteiger partial charge in [0.15, 0.2) is 0 Å². The number of hydrogen-bond donors (Lipinski definition) is 2. The minimum atomic E-state index is 0.246. The molecule has 0 unspecified atom stereocenters. The van der Waals surface area contributed by atoms with Crippen LogP contribution in [0.25, 0.3) is 33.5 Å². The van der Waals surface area contributed by atoms with Crippen LogP contribution >= 0.6 is 0 Å². The topological polar surface area (TPSA) is 76.7 Å². The van der Waals surface area contributed by atoms with Gasteiger partial charge in [-0.05, 0) is 29.8 Å². The Kier molecular flexibility index (Phi) is 4.99. The molecule has 0 fully saturated rings. The molecule has 0 bridgehead atoms. The monoisotopic (exact) mass is 403 g/mol. The number of nitrogens with two attached hydrogens (primary N) is 1. The molecule has 150 valence electrons. The van der Waals surface area contributed by atoms with Crippen LogP contribution in [-0.2, 0) is 6.54 Å². The Morgan fingerprint density at radius 2 is 1.35 bits per heavy atom. The van der Waals surface area contributed by atoms with Gasteiger partial charge in [-0.25, -0.2) is 15.0 Å². The summed E-state index contributed by atoms with van der Waals surface area (Å²) in [6.07, 6.45) is 0. The highest BCUT2D eigenvalue weighted by Gasteiger charge is 2.11. The van der Waals surface area contributed by atoms with E-state index in [-0.39, 0.29) is 5.95 Å². The Balaban J connectivity index is 1.45. The van der Waals surface area contributed by atoms with Gasteiger partial charge in [0.2, 0.25) is 5.95 Å². The minimum Gasteiger partial charge on any atom is -0.381 e. The average Bonchev–Trinajstić information content (AvgIpc) is 2.83. The maximum atomic E-state index is 5.94. The van der Waals surface area contributed by atoms with Gasteiger partial charge in [0, 0.05) is 23.4 Å². The summed E-state index contributed by atoms with van der Waals surface area (Å²) < 4.78 is 0. The van der Waals surface area contributed by atoms with Crippen LogP contribution < -0.4 is 11.1 Å². The van der Waals surface area contributed by atoms with E-state index in [1.807, 2.05) is 60.7 Å². The number of aromatic nitrogens is 3. The number of rotatable bonds is 5. The van der Waals surface area contributed by atoms with E-state index in [9.17, 15) is 0 Å². The standard InChI is InChI=1S/C26H21N5/c27-26-30-23-16-15-22(29-25(23)24(31-26)20-7-3-1-4-8-20)19-13-11-18(12-14-19)17-28-21-9-5-2-6-10-21/h1-16,28H,17H2,(H2,27,30,31). The first-order valence-electron chi connectivity index (χ1n) is 10.1. The summed E-state index contributed by atoms with van der Waals surface area (Å²) in [4.78, 5) is 13.7.